The summed E-state index contributed by atoms with van der Waals surface area (Å²) in [5, 5.41) is 7.60. The van der Waals surface area contributed by atoms with E-state index in [0.29, 0.717) is 18.0 Å². The number of benzene rings is 2. The fourth-order valence-corrected chi connectivity index (χ4v) is 2.39. The summed E-state index contributed by atoms with van der Waals surface area (Å²) in [5.74, 6) is 0.898. The third-order valence-electron chi connectivity index (χ3n) is 2.97. The Balaban J connectivity index is 1.87. The lowest BCUT2D eigenvalue weighted by molar-refractivity contribution is -0.118. The molecule has 1 amide bonds. The topological polar surface area (TPSA) is 108 Å². The number of carbonyl (C=O) groups excluding carboxylic acids is 1. The van der Waals surface area contributed by atoms with Crippen LogP contribution in [0, 0.1) is 0 Å². The predicted molar refractivity (Wildman–Crippen MR) is 89.6 cm³/mol. The van der Waals surface area contributed by atoms with E-state index in [0.717, 1.165) is 5.75 Å². The maximum atomic E-state index is 11.8. The molecule has 0 fully saturated rings. The zero-order valence-electron chi connectivity index (χ0n) is 13.1. The van der Waals surface area contributed by atoms with Gasteiger partial charge in [0.15, 0.2) is 6.61 Å². The average Bonchev–Trinajstić information content (AvgIpc) is 2.54. The number of hydrogen-bond acceptors (Lipinski definition) is 5. The third kappa shape index (κ3) is 5.25. The molecule has 128 valence electrons. The molecule has 0 unspecified atom stereocenters. The number of nitrogens with two attached hydrogens (primary N) is 1. The molecule has 0 atom stereocenters. The SMILES string of the molecule is CCOc1ccc(OCC(=O)Nc2ccc(S(N)(=O)=O)cc2)cc1. The van der Waals surface area contributed by atoms with Gasteiger partial charge in [-0.2, -0.15) is 0 Å². The van der Waals surface area contributed by atoms with Gasteiger partial charge in [-0.3, -0.25) is 4.79 Å². The van der Waals surface area contributed by atoms with Crippen molar-refractivity contribution in [2.24, 2.45) is 5.14 Å². The number of nitrogens with one attached hydrogen (secondary N) is 1. The number of carbonyl (C=O) groups is 1. The second-order valence-corrected chi connectivity index (χ2v) is 6.37. The van der Waals surface area contributed by atoms with E-state index in [1.807, 2.05) is 6.92 Å². The van der Waals surface area contributed by atoms with Crippen LogP contribution >= 0.6 is 0 Å². The minimum Gasteiger partial charge on any atom is -0.494 e. The van der Waals surface area contributed by atoms with E-state index in [-0.39, 0.29) is 17.4 Å². The van der Waals surface area contributed by atoms with Crippen molar-refractivity contribution in [3.63, 3.8) is 0 Å². The summed E-state index contributed by atoms with van der Waals surface area (Å²) in [6.07, 6.45) is 0. The molecule has 0 aromatic heterocycles. The Kier molecular flexibility index (Phi) is 5.78. The quantitative estimate of drug-likeness (QED) is 0.791. The van der Waals surface area contributed by atoms with E-state index in [4.69, 9.17) is 14.6 Å². The van der Waals surface area contributed by atoms with Gasteiger partial charge in [0, 0.05) is 5.69 Å². The van der Waals surface area contributed by atoms with Crippen molar-refractivity contribution in [2.75, 3.05) is 18.5 Å². The number of anilines is 1. The Morgan fingerprint density at radius 3 is 2.04 bits per heavy atom. The van der Waals surface area contributed by atoms with Crippen molar-refractivity contribution in [3.05, 3.63) is 48.5 Å². The van der Waals surface area contributed by atoms with Gasteiger partial charge in [-0.05, 0) is 55.5 Å². The molecule has 3 N–H and O–H groups in total. The van der Waals surface area contributed by atoms with Gasteiger partial charge in [-0.1, -0.05) is 0 Å². The molecule has 0 aliphatic heterocycles. The first-order chi connectivity index (χ1) is 11.4. The fourth-order valence-electron chi connectivity index (χ4n) is 1.87. The highest BCUT2D eigenvalue weighted by Crippen LogP contribution is 2.17. The van der Waals surface area contributed by atoms with Crippen LogP contribution in [0.25, 0.3) is 0 Å². The van der Waals surface area contributed by atoms with Crippen LogP contribution in [-0.4, -0.2) is 27.5 Å². The molecule has 0 aliphatic carbocycles. The number of ether oxygens (including phenoxy) is 2. The molecule has 24 heavy (non-hydrogen) atoms. The standard InChI is InChI=1S/C16H18N2O5S/c1-2-22-13-5-7-14(8-6-13)23-11-16(19)18-12-3-9-15(10-4-12)24(17,20)21/h3-10H,2,11H2,1H3,(H,18,19)(H2,17,20,21). The number of sulfonamides is 1. The van der Waals surface area contributed by atoms with Gasteiger partial charge in [0.25, 0.3) is 5.91 Å². The van der Waals surface area contributed by atoms with Crippen molar-refractivity contribution >= 4 is 21.6 Å². The monoisotopic (exact) mass is 350 g/mol. The first-order valence-corrected chi connectivity index (χ1v) is 8.71. The van der Waals surface area contributed by atoms with Gasteiger partial charge in [-0.25, -0.2) is 13.6 Å². The lowest BCUT2D eigenvalue weighted by atomic mass is 10.3. The van der Waals surface area contributed by atoms with Gasteiger partial charge in [0.05, 0.1) is 11.5 Å². The van der Waals surface area contributed by atoms with Crippen LogP contribution in [-0.2, 0) is 14.8 Å². The molecule has 0 heterocycles. The highest BCUT2D eigenvalue weighted by molar-refractivity contribution is 7.89. The van der Waals surface area contributed by atoms with Gasteiger partial charge < -0.3 is 14.8 Å². The van der Waals surface area contributed by atoms with Gasteiger partial charge >= 0.3 is 0 Å². The van der Waals surface area contributed by atoms with Crippen molar-refractivity contribution in [3.8, 4) is 11.5 Å². The van der Waals surface area contributed by atoms with Crippen LogP contribution in [0.1, 0.15) is 6.92 Å². The molecule has 0 bridgehead atoms. The summed E-state index contributed by atoms with van der Waals surface area (Å²) in [7, 11) is -3.75. The Morgan fingerprint density at radius 1 is 1.00 bits per heavy atom. The van der Waals surface area contributed by atoms with Gasteiger partial charge in [0.1, 0.15) is 11.5 Å². The lowest BCUT2D eigenvalue weighted by Gasteiger charge is -2.09. The normalized spacial score (nSPS) is 10.9. The van der Waals surface area contributed by atoms with E-state index >= 15 is 0 Å². The second kappa shape index (κ2) is 7.80. The highest BCUT2D eigenvalue weighted by Gasteiger charge is 2.08. The summed E-state index contributed by atoms with van der Waals surface area (Å²) < 4.78 is 33.0. The molecule has 2 aromatic carbocycles. The van der Waals surface area contributed by atoms with Crippen LogP contribution in [0.15, 0.2) is 53.4 Å². The molecular weight excluding hydrogens is 332 g/mol. The van der Waals surface area contributed by atoms with E-state index in [1.54, 1.807) is 24.3 Å². The van der Waals surface area contributed by atoms with E-state index in [2.05, 4.69) is 5.32 Å². The maximum absolute atomic E-state index is 11.8. The van der Waals surface area contributed by atoms with E-state index < -0.39 is 10.0 Å². The zero-order chi connectivity index (χ0) is 17.6. The van der Waals surface area contributed by atoms with Crippen LogP contribution in [0.4, 0.5) is 5.69 Å². The number of rotatable bonds is 7. The minimum atomic E-state index is -3.75. The Hall–Kier alpha value is -2.58. The zero-order valence-corrected chi connectivity index (χ0v) is 13.9. The molecule has 7 nitrogen and oxygen atoms in total. The summed E-state index contributed by atoms with van der Waals surface area (Å²) >= 11 is 0. The minimum absolute atomic E-state index is 0.0221. The fraction of sp³-hybridized carbons (Fsp3) is 0.188. The summed E-state index contributed by atoms with van der Waals surface area (Å²) in [6, 6.07) is 12.5. The molecule has 2 aromatic rings. The van der Waals surface area contributed by atoms with Crippen LogP contribution in [0.3, 0.4) is 0 Å². The molecule has 0 aliphatic rings. The molecule has 0 radical (unpaired) electrons. The largest absolute Gasteiger partial charge is 0.494 e. The molecule has 0 spiro atoms. The van der Waals surface area contributed by atoms with Crippen molar-refractivity contribution in [1.29, 1.82) is 0 Å². The van der Waals surface area contributed by atoms with Crippen LogP contribution < -0.4 is 19.9 Å². The molecular formula is C16H18N2O5S. The summed E-state index contributed by atoms with van der Waals surface area (Å²) in [6.45, 7) is 2.29. The van der Waals surface area contributed by atoms with Crippen molar-refractivity contribution in [1.82, 2.24) is 0 Å². The third-order valence-corrected chi connectivity index (χ3v) is 3.90. The van der Waals surface area contributed by atoms with E-state index in [9.17, 15) is 13.2 Å². The smallest absolute Gasteiger partial charge is 0.262 e. The van der Waals surface area contributed by atoms with E-state index in [1.165, 1.54) is 24.3 Å². The van der Waals surface area contributed by atoms with Crippen molar-refractivity contribution < 1.29 is 22.7 Å². The van der Waals surface area contributed by atoms with Gasteiger partial charge in [-0.15, -0.1) is 0 Å². The average molecular weight is 350 g/mol. The Morgan fingerprint density at radius 2 is 1.54 bits per heavy atom. The number of hydrogen-bond donors (Lipinski definition) is 2. The summed E-state index contributed by atoms with van der Waals surface area (Å²) in [5.41, 5.74) is 0.447. The van der Waals surface area contributed by atoms with Gasteiger partial charge in [0.2, 0.25) is 10.0 Å². The highest BCUT2D eigenvalue weighted by atomic mass is 32.2. The first-order valence-electron chi connectivity index (χ1n) is 7.17. The molecule has 0 saturated heterocycles. The number of amides is 1. The maximum Gasteiger partial charge on any atom is 0.262 e. The Labute approximate surface area is 140 Å². The lowest BCUT2D eigenvalue weighted by Crippen LogP contribution is -2.20. The molecule has 2 rings (SSSR count). The molecule has 0 saturated carbocycles. The van der Waals surface area contributed by atoms with Crippen molar-refractivity contribution in [2.45, 2.75) is 11.8 Å². The predicted octanol–water partition coefficient (Wildman–Crippen LogP) is 1.75. The van der Waals surface area contributed by atoms with Crippen LogP contribution in [0.2, 0.25) is 0 Å². The number of primary sulfonamides is 1. The van der Waals surface area contributed by atoms with Crippen LogP contribution in [0.5, 0.6) is 11.5 Å². The first kappa shape index (κ1) is 17.8. The summed E-state index contributed by atoms with van der Waals surface area (Å²) in [4.78, 5) is 11.8. The Bertz CT molecular complexity index is 786. The second-order valence-electron chi connectivity index (χ2n) is 4.81. The molecule has 8 heteroatoms.